The van der Waals surface area contributed by atoms with Crippen molar-refractivity contribution in [2.75, 3.05) is 0 Å². The van der Waals surface area contributed by atoms with Crippen LogP contribution in [0.25, 0.3) is 11.1 Å². The van der Waals surface area contributed by atoms with Crippen molar-refractivity contribution < 1.29 is 0 Å². The molecule has 2 N–H and O–H groups in total. The van der Waals surface area contributed by atoms with E-state index in [-0.39, 0.29) is 17.9 Å². The minimum Gasteiger partial charge on any atom is -0.319 e. The predicted octanol–water partition coefficient (Wildman–Crippen LogP) is 1.25. The van der Waals surface area contributed by atoms with Crippen LogP contribution in [0, 0.1) is 0 Å². The lowest BCUT2D eigenvalue weighted by atomic mass is 10.2. The van der Waals surface area contributed by atoms with Gasteiger partial charge in [-0.05, 0) is 12.8 Å². The van der Waals surface area contributed by atoms with Crippen molar-refractivity contribution in [1.29, 1.82) is 0 Å². The van der Waals surface area contributed by atoms with Crippen LogP contribution in [-0.2, 0) is 12.6 Å². The fraction of sp³-hybridized carbons (Fsp3) is 0.364. The van der Waals surface area contributed by atoms with Gasteiger partial charge in [0.25, 0.3) is 0 Å². The molecule has 0 saturated heterocycles. The molecular formula is C11H14ClN5. The minimum atomic E-state index is -0.256. The lowest BCUT2D eigenvalue weighted by molar-refractivity contribution is 0.672. The molecular weight excluding hydrogens is 238 g/mol. The predicted molar refractivity (Wildman–Crippen MR) is 66.6 cm³/mol. The SMILES string of the molecule is Cl.Cn1cc(-c2cnc(C3(N)CC3)nc2)cn1. The highest BCUT2D eigenvalue weighted by atomic mass is 35.5. The first-order valence-electron chi connectivity index (χ1n) is 5.28. The molecule has 0 spiro atoms. The lowest BCUT2D eigenvalue weighted by Crippen LogP contribution is -2.21. The van der Waals surface area contributed by atoms with Gasteiger partial charge >= 0.3 is 0 Å². The maximum Gasteiger partial charge on any atom is 0.148 e. The molecule has 0 aliphatic heterocycles. The second kappa shape index (κ2) is 4.09. The molecule has 1 fully saturated rings. The van der Waals surface area contributed by atoms with Crippen molar-refractivity contribution >= 4 is 12.4 Å². The highest BCUT2D eigenvalue weighted by molar-refractivity contribution is 5.85. The topological polar surface area (TPSA) is 69.6 Å². The van der Waals surface area contributed by atoms with E-state index < -0.39 is 0 Å². The second-order valence-electron chi connectivity index (χ2n) is 4.35. The van der Waals surface area contributed by atoms with Crippen molar-refractivity contribution in [2.45, 2.75) is 18.4 Å². The van der Waals surface area contributed by atoms with Crippen LogP contribution < -0.4 is 5.73 Å². The van der Waals surface area contributed by atoms with Crippen molar-refractivity contribution in [3.63, 3.8) is 0 Å². The number of aryl methyl sites for hydroxylation is 1. The van der Waals surface area contributed by atoms with E-state index in [1.54, 1.807) is 10.9 Å². The van der Waals surface area contributed by atoms with Crippen molar-refractivity contribution in [2.24, 2.45) is 12.8 Å². The summed E-state index contributed by atoms with van der Waals surface area (Å²) in [7, 11) is 1.89. The van der Waals surface area contributed by atoms with Gasteiger partial charge in [-0.15, -0.1) is 12.4 Å². The molecule has 1 aliphatic rings. The summed E-state index contributed by atoms with van der Waals surface area (Å²) in [4.78, 5) is 8.65. The number of hydrogen-bond donors (Lipinski definition) is 1. The van der Waals surface area contributed by atoms with E-state index in [1.165, 1.54) is 0 Å². The lowest BCUT2D eigenvalue weighted by Gasteiger charge is -2.06. The molecule has 1 aliphatic carbocycles. The van der Waals surface area contributed by atoms with Gasteiger partial charge in [-0.3, -0.25) is 4.68 Å². The van der Waals surface area contributed by atoms with Crippen molar-refractivity contribution in [1.82, 2.24) is 19.7 Å². The third-order valence-corrected chi connectivity index (χ3v) is 2.92. The van der Waals surface area contributed by atoms with Crippen LogP contribution in [0.1, 0.15) is 18.7 Å². The summed E-state index contributed by atoms with van der Waals surface area (Å²) < 4.78 is 1.76. The van der Waals surface area contributed by atoms with E-state index in [1.807, 2.05) is 25.6 Å². The fourth-order valence-electron chi connectivity index (χ4n) is 1.66. The Morgan fingerprint density at radius 3 is 2.29 bits per heavy atom. The van der Waals surface area contributed by atoms with Gasteiger partial charge in [-0.1, -0.05) is 0 Å². The van der Waals surface area contributed by atoms with Crippen molar-refractivity contribution in [3.05, 3.63) is 30.6 Å². The van der Waals surface area contributed by atoms with Gasteiger partial charge in [-0.2, -0.15) is 5.10 Å². The van der Waals surface area contributed by atoms with E-state index in [2.05, 4.69) is 15.1 Å². The first kappa shape index (κ1) is 12.0. The van der Waals surface area contributed by atoms with E-state index in [0.717, 1.165) is 29.8 Å². The number of rotatable bonds is 2. The molecule has 3 rings (SSSR count). The molecule has 0 bridgehead atoms. The molecule has 5 nitrogen and oxygen atoms in total. The third kappa shape index (κ3) is 2.16. The molecule has 0 amide bonds. The van der Waals surface area contributed by atoms with Crippen LogP contribution in [-0.4, -0.2) is 19.7 Å². The van der Waals surface area contributed by atoms with E-state index in [0.29, 0.717) is 0 Å². The van der Waals surface area contributed by atoms with Crippen molar-refractivity contribution in [3.8, 4) is 11.1 Å². The van der Waals surface area contributed by atoms with Crippen LogP contribution in [0.15, 0.2) is 24.8 Å². The summed E-state index contributed by atoms with van der Waals surface area (Å²) >= 11 is 0. The molecule has 1 saturated carbocycles. The molecule has 0 unspecified atom stereocenters. The molecule has 0 aromatic carbocycles. The zero-order valence-electron chi connectivity index (χ0n) is 9.50. The average Bonchev–Trinajstić information content (AvgIpc) is 2.89. The Labute approximate surface area is 105 Å². The van der Waals surface area contributed by atoms with Gasteiger partial charge in [-0.25, -0.2) is 9.97 Å². The monoisotopic (exact) mass is 251 g/mol. The van der Waals surface area contributed by atoms with Gasteiger partial charge in [0, 0.05) is 36.8 Å². The molecule has 90 valence electrons. The Morgan fingerprint density at radius 2 is 1.82 bits per heavy atom. The Kier molecular flexibility index (Phi) is 2.89. The normalized spacial score (nSPS) is 16.4. The van der Waals surface area contributed by atoms with E-state index in [4.69, 9.17) is 5.73 Å². The summed E-state index contributed by atoms with van der Waals surface area (Å²) in [5.74, 6) is 0.750. The molecule has 0 radical (unpaired) electrons. The zero-order valence-corrected chi connectivity index (χ0v) is 10.3. The van der Waals surface area contributed by atoms with Gasteiger partial charge in [0.05, 0.1) is 11.7 Å². The molecule has 2 heterocycles. The van der Waals surface area contributed by atoms with Crippen LogP contribution >= 0.6 is 12.4 Å². The van der Waals surface area contributed by atoms with Gasteiger partial charge in [0.2, 0.25) is 0 Å². The Balaban J connectivity index is 0.00000108. The van der Waals surface area contributed by atoms with Gasteiger partial charge in [0.15, 0.2) is 0 Å². The minimum absolute atomic E-state index is 0. The molecule has 6 heteroatoms. The van der Waals surface area contributed by atoms with Gasteiger partial charge in [0.1, 0.15) is 5.82 Å². The molecule has 2 aromatic heterocycles. The first-order valence-corrected chi connectivity index (χ1v) is 5.28. The standard InChI is InChI=1S/C11H13N5.ClH/c1-16-7-9(6-15-16)8-4-13-10(14-5-8)11(12)2-3-11;/h4-7H,2-3,12H2,1H3;1H. The fourth-order valence-corrected chi connectivity index (χ4v) is 1.66. The summed E-state index contributed by atoms with van der Waals surface area (Å²) in [6.07, 6.45) is 9.33. The number of nitrogens with zero attached hydrogens (tertiary/aromatic N) is 4. The average molecular weight is 252 g/mol. The Morgan fingerprint density at radius 1 is 1.18 bits per heavy atom. The Bertz CT molecular complexity index is 515. The summed E-state index contributed by atoms with van der Waals surface area (Å²) in [6.45, 7) is 0. The van der Waals surface area contributed by atoms with E-state index >= 15 is 0 Å². The van der Waals surface area contributed by atoms with E-state index in [9.17, 15) is 0 Å². The number of halogens is 1. The Hall–Kier alpha value is -1.46. The molecule has 0 atom stereocenters. The molecule has 17 heavy (non-hydrogen) atoms. The first-order chi connectivity index (χ1) is 7.67. The van der Waals surface area contributed by atoms with Crippen LogP contribution in [0.3, 0.4) is 0 Å². The highest BCUT2D eigenvalue weighted by Gasteiger charge is 2.42. The third-order valence-electron chi connectivity index (χ3n) is 2.92. The summed E-state index contributed by atoms with van der Waals surface area (Å²) in [5.41, 5.74) is 7.76. The number of aromatic nitrogens is 4. The highest BCUT2D eigenvalue weighted by Crippen LogP contribution is 2.40. The number of hydrogen-bond acceptors (Lipinski definition) is 4. The van der Waals surface area contributed by atoms with Crippen LogP contribution in [0.4, 0.5) is 0 Å². The van der Waals surface area contributed by atoms with Crippen LogP contribution in [0.5, 0.6) is 0 Å². The quantitative estimate of drug-likeness (QED) is 0.872. The summed E-state index contributed by atoms with van der Waals surface area (Å²) in [5, 5.41) is 4.11. The maximum atomic E-state index is 6.02. The smallest absolute Gasteiger partial charge is 0.148 e. The van der Waals surface area contributed by atoms with Gasteiger partial charge < -0.3 is 5.73 Å². The largest absolute Gasteiger partial charge is 0.319 e. The zero-order chi connectivity index (χ0) is 11.2. The number of nitrogens with two attached hydrogens (primary N) is 1. The second-order valence-corrected chi connectivity index (χ2v) is 4.35. The molecule has 2 aromatic rings. The maximum absolute atomic E-state index is 6.02. The summed E-state index contributed by atoms with van der Waals surface area (Å²) in [6, 6.07) is 0. The van der Waals surface area contributed by atoms with Crippen LogP contribution in [0.2, 0.25) is 0 Å².